The van der Waals surface area contributed by atoms with Crippen LogP contribution in [0.1, 0.15) is 10.4 Å². The second-order valence-corrected chi connectivity index (χ2v) is 5.34. The molecule has 0 aliphatic carbocycles. The number of hydrogen-bond acceptors (Lipinski definition) is 4. The fourth-order valence-electron chi connectivity index (χ4n) is 1.38. The Kier molecular flexibility index (Phi) is 3.40. The first-order chi connectivity index (χ1) is 8.09. The van der Waals surface area contributed by atoms with Gasteiger partial charge in [-0.3, -0.25) is 9.56 Å². The summed E-state index contributed by atoms with van der Waals surface area (Å²) in [6, 6.07) is 7.84. The molecule has 1 aromatic heterocycles. The molecule has 1 aromatic carbocycles. The van der Waals surface area contributed by atoms with E-state index in [1.807, 2.05) is 31.2 Å². The Hall–Kier alpha value is -1.46. The van der Waals surface area contributed by atoms with Crippen LogP contribution in [0.25, 0.3) is 0 Å². The van der Waals surface area contributed by atoms with Crippen molar-refractivity contribution in [3.05, 3.63) is 38.7 Å². The Labute approximate surface area is 109 Å². The molecule has 2 rings (SSSR count). The highest BCUT2D eigenvalue weighted by Gasteiger charge is 2.06. The van der Waals surface area contributed by atoms with Crippen molar-refractivity contribution >= 4 is 35.5 Å². The quantitative estimate of drug-likeness (QED) is 0.665. The number of aliphatic imine (C=N–C) groups is 1. The largest absolute Gasteiger partial charge is 0.493 e. The summed E-state index contributed by atoms with van der Waals surface area (Å²) >= 11 is 6.42. The Morgan fingerprint density at radius 2 is 2.12 bits per heavy atom. The fourth-order valence-corrected chi connectivity index (χ4v) is 2.48. The number of rotatable bonds is 2. The van der Waals surface area contributed by atoms with Gasteiger partial charge >= 0.3 is 0 Å². The number of aromatic nitrogens is 1. The summed E-state index contributed by atoms with van der Waals surface area (Å²) < 4.78 is 2.20. The molecule has 0 aliphatic heterocycles. The first kappa shape index (κ1) is 12.0. The molecule has 0 amide bonds. The lowest BCUT2D eigenvalue weighted by Crippen LogP contribution is -1.86. The molecular weight excluding hydrogens is 252 g/mol. The lowest BCUT2D eigenvalue weighted by Gasteiger charge is -1.97. The van der Waals surface area contributed by atoms with Crippen LogP contribution in [0, 0.1) is 10.9 Å². The number of nitrogens with zero attached hydrogens (tertiary/aromatic N) is 2. The maximum atomic E-state index is 9.78. The first-order valence-corrected chi connectivity index (χ1v) is 6.30. The van der Waals surface area contributed by atoms with Crippen LogP contribution >= 0.6 is 23.6 Å². The molecule has 1 heterocycles. The SMILES string of the molecule is Cc1ccccc1N=Cc1sc(=S)n(C)c1O. The van der Waals surface area contributed by atoms with Gasteiger partial charge in [-0.25, -0.2) is 0 Å². The van der Waals surface area contributed by atoms with Crippen LogP contribution < -0.4 is 0 Å². The van der Waals surface area contributed by atoms with E-state index in [-0.39, 0.29) is 5.88 Å². The van der Waals surface area contributed by atoms with Crippen molar-refractivity contribution in [2.45, 2.75) is 6.92 Å². The van der Waals surface area contributed by atoms with E-state index in [1.165, 1.54) is 11.3 Å². The highest BCUT2D eigenvalue weighted by Crippen LogP contribution is 2.24. The van der Waals surface area contributed by atoms with Gasteiger partial charge in [0.2, 0.25) is 5.88 Å². The topological polar surface area (TPSA) is 37.5 Å². The molecule has 0 atom stereocenters. The van der Waals surface area contributed by atoms with Crippen molar-refractivity contribution in [1.82, 2.24) is 4.57 Å². The molecule has 0 bridgehead atoms. The Morgan fingerprint density at radius 3 is 2.71 bits per heavy atom. The number of benzene rings is 1. The first-order valence-electron chi connectivity index (χ1n) is 5.08. The summed E-state index contributed by atoms with van der Waals surface area (Å²) in [5, 5.41) is 9.78. The Bertz CT molecular complexity index is 626. The van der Waals surface area contributed by atoms with Gasteiger partial charge in [-0.15, -0.1) is 0 Å². The van der Waals surface area contributed by atoms with Crippen LogP contribution in [-0.2, 0) is 7.05 Å². The summed E-state index contributed by atoms with van der Waals surface area (Å²) in [6.45, 7) is 2.00. The predicted molar refractivity (Wildman–Crippen MR) is 74.2 cm³/mol. The monoisotopic (exact) mass is 264 g/mol. The van der Waals surface area contributed by atoms with Crippen molar-refractivity contribution in [3.63, 3.8) is 0 Å². The van der Waals surface area contributed by atoms with E-state index >= 15 is 0 Å². The van der Waals surface area contributed by atoms with E-state index in [4.69, 9.17) is 12.2 Å². The minimum absolute atomic E-state index is 0.164. The van der Waals surface area contributed by atoms with Crippen LogP contribution in [0.3, 0.4) is 0 Å². The van der Waals surface area contributed by atoms with Gasteiger partial charge in [-0.1, -0.05) is 29.5 Å². The number of thiazole rings is 1. The molecule has 0 radical (unpaired) electrons. The van der Waals surface area contributed by atoms with Gasteiger partial charge in [-0.2, -0.15) is 0 Å². The summed E-state index contributed by atoms with van der Waals surface area (Å²) in [5.74, 6) is 0.164. The third kappa shape index (κ3) is 2.45. The van der Waals surface area contributed by atoms with Gasteiger partial charge in [0.1, 0.15) is 4.88 Å². The third-order valence-electron chi connectivity index (χ3n) is 2.45. The van der Waals surface area contributed by atoms with Gasteiger partial charge in [0.15, 0.2) is 3.95 Å². The summed E-state index contributed by atoms with van der Waals surface area (Å²) in [5.41, 5.74) is 2.00. The highest BCUT2D eigenvalue weighted by molar-refractivity contribution is 7.73. The maximum absolute atomic E-state index is 9.78. The van der Waals surface area contributed by atoms with E-state index in [0.29, 0.717) is 8.83 Å². The molecule has 0 saturated carbocycles. The van der Waals surface area contributed by atoms with E-state index in [0.717, 1.165) is 11.3 Å². The van der Waals surface area contributed by atoms with E-state index < -0.39 is 0 Å². The van der Waals surface area contributed by atoms with E-state index in [2.05, 4.69) is 4.99 Å². The summed E-state index contributed by atoms with van der Waals surface area (Å²) in [4.78, 5) is 5.04. The van der Waals surface area contributed by atoms with Crippen molar-refractivity contribution in [3.8, 4) is 5.88 Å². The van der Waals surface area contributed by atoms with E-state index in [9.17, 15) is 5.11 Å². The zero-order chi connectivity index (χ0) is 12.4. The second kappa shape index (κ2) is 4.81. The van der Waals surface area contributed by atoms with Crippen molar-refractivity contribution in [1.29, 1.82) is 0 Å². The number of aromatic hydroxyl groups is 1. The molecule has 0 aliphatic rings. The molecule has 0 saturated heterocycles. The zero-order valence-electron chi connectivity index (χ0n) is 9.54. The van der Waals surface area contributed by atoms with Crippen LogP contribution in [0.4, 0.5) is 5.69 Å². The lowest BCUT2D eigenvalue weighted by atomic mass is 10.2. The Morgan fingerprint density at radius 1 is 1.41 bits per heavy atom. The third-order valence-corrected chi connectivity index (χ3v) is 3.93. The molecule has 0 spiro atoms. The van der Waals surface area contributed by atoms with Gasteiger partial charge in [0.25, 0.3) is 0 Å². The fraction of sp³-hybridized carbons (Fsp3) is 0.167. The van der Waals surface area contributed by atoms with Crippen LogP contribution in [0.15, 0.2) is 29.3 Å². The molecule has 1 N–H and O–H groups in total. The molecular formula is C12H12N2OS2. The number of hydrogen-bond donors (Lipinski definition) is 1. The second-order valence-electron chi connectivity index (χ2n) is 3.66. The van der Waals surface area contributed by atoms with Gasteiger partial charge in [0.05, 0.1) is 11.9 Å². The van der Waals surface area contributed by atoms with Gasteiger partial charge < -0.3 is 5.11 Å². The molecule has 3 nitrogen and oxygen atoms in total. The average molecular weight is 264 g/mol. The molecule has 0 unspecified atom stereocenters. The normalized spacial score (nSPS) is 11.2. The van der Waals surface area contributed by atoms with E-state index in [1.54, 1.807) is 17.8 Å². The average Bonchev–Trinajstić information content (AvgIpc) is 2.56. The summed E-state index contributed by atoms with van der Waals surface area (Å²) in [6.07, 6.45) is 1.65. The standard InChI is InChI=1S/C12H12N2OS2/c1-8-5-3-4-6-9(8)13-7-10-11(15)14(2)12(16)17-10/h3-7,15H,1-2H3. The zero-order valence-corrected chi connectivity index (χ0v) is 11.2. The summed E-state index contributed by atoms with van der Waals surface area (Å²) in [7, 11) is 1.74. The predicted octanol–water partition coefficient (Wildman–Crippen LogP) is 3.58. The van der Waals surface area contributed by atoms with Gasteiger partial charge in [-0.05, 0) is 30.8 Å². The molecule has 0 fully saturated rings. The smallest absolute Gasteiger partial charge is 0.211 e. The van der Waals surface area contributed by atoms with Gasteiger partial charge in [0, 0.05) is 7.05 Å². The van der Waals surface area contributed by atoms with Crippen molar-refractivity contribution in [2.75, 3.05) is 0 Å². The lowest BCUT2D eigenvalue weighted by molar-refractivity contribution is 0.430. The number of para-hydroxylation sites is 1. The minimum Gasteiger partial charge on any atom is -0.493 e. The molecule has 17 heavy (non-hydrogen) atoms. The van der Waals surface area contributed by atoms with Crippen LogP contribution in [0.5, 0.6) is 5.88 Å². The molecule has 5 heteroatoms. The van der Waals surface area contributed by atoms with Crippen molar-refractivity contribution in [2.24, 2.45) is 12.0 Å². The van der Waals surface area contributed by atoms with Crippen LogP contribution in [0.2, 0.25) is 0 Å². The van der Waals surface area contributed by atoms with Crippen LogP contribution in [-0.4, -0.2) is 15.9 Å². The Balaban J connectivity index is 2.36. The minimum atomic E-state index is 0.164. The molecule has 2 aromatic rings. The molecule has 88 valence electrons. The van der Waals surface area contributed by atoms with Crippen molar-refractivity contribution < 1.29 is 5.11 Å². The maximum Gasteiger partial charge on any atom is 0.211 e. The number of aryl methyl sites for hydroxylation is 1. The highest BCUT2D eigenvalue weighted by atomic mass is 32.1.